The predicted octanol–water partition coefficient (Wildman–Crippen LogP) is 4.07. The fourth-order valence-electron chi connectivity index (χ4n) is 3.08. The van der Waals surface area contributed by atoms with Crippen LogP contribution in [0.2, 0.25) is 0 Å². The zero-order valence-electron chi connectivity index (χ0n) is 16.2. The first kappa shape index (κ1) is 20.0. The van der Waals surface area contributed by atoms with Gasteiger partial charge in [-0.1, -0.05) is 54.6 Å². The molecule has 3 aromatic carbocycles. The minimum Gasteiger partial charge on any atom is -0.489 e. The van der Waals surface area contributed by atoms with E-state index in [2.05, 4.69) is 5.32 Å². The Balaban J connectivity index is 1.54. The molecule has 4 rings (SSSR count). The van der Waals surface area contributed by atoms with Gasteiger partial charge in [0.2, 0.25) is 0 Å². The number of amides is 4. The smallest absolute Gasteiger partial charge is 0.336 e. The molecule has 1 N–H and O–H groups in total. The number of ether oxygens (including phenoxy) is 1. The average Bonchev–Trinajstić information content (AvgIpc) is 2.78. The second kappa shape index (κ2) is 8.62. The van der Waals surface area contributed by atoms with Crippen molar-refractivity contribution in [3.63, 3.8) is 0 Å². The highest BCUT2D eigenvalue weighted by atomic mass is 19.1. The van der Waals surface area contributed by atoms with E-state index >= 15 is 0 Å². The van der Waals surface area contributed by atoms with E-state index in [0.717, 1.165) is 11.6 Å². The van der Waals surface area contributed by atoms with Crippen molar-refractivity contribution < 1.29 is 23.5 Å². The summed E-state index contributed by atoms with van der Waals surface area (Å²) in [6.07, 6.45) is 1.35. The molecule has 0 radical (unpaired) electrons. The normalized spacial score (nSPS) is 15.2. The van der Waals surface area contributed by atoms with Gasteiger partial charge >= 0.3 is 6.03 Å². The highest BCUT2D eigenvalue weighted by Gasteiger charge is 2.37. The van der Waals surface area contributed by atoms with Gasteiger partial charge in [-0.2, -0.15) is 0 Å². The number of nitrogens with one attached hydrogen (secondary N) is 1. The number of anilines is 1. The van der Waals surface area contributed by atoms with Crippen LogP contribution in [0.25, 0.3) is 6.08 Å². The van der Waals surface area contributed by atoms with Crippen LogP contribution in [-0.4, -0.2) is 17.8 Å². The Kier molecular flexibility index (Phi) is 5.57. The van der Waals surface area contributed by atoms with Gasteiger partial charge in [-0.15, -0.1) is 0 Å². The number of rotatable bonds is 5. The lowest BCUT2D eigenvalue weighted by Gasteiger charge is -2.26. The number of nitrogens with zero attached hydrogens (tertiary/aromatic N) is 1. The number of hydrogen-bond donors (Lipinski definition) is 1. The van der Waals surface area contributed by atoms with Crippen molar-refractivity contribution in [1.82, 2.24) is 5.32 Å². The molecule has 0 atom stereocenters. The molecular formula is C24H17FN2O4. The molecule has 0 aromatic heterocycles. The van der Waals surface area contributed by atoms with Crippen LogP contribution in [0.15, 0.2) is 84.4 Å². The summed E-state index contributed by atoms with van der Waals surface area (Å²) in [4.78, 5) is 37.8. The molecule has 3 aromatic rings. The molecule has 1 fully saturated rings. The first-order chi connectivity index (χ1) is 15.0. The lowest BCUT2D eigenvalue weighted by molar-refractivity contribution is -0.122. The van der Waals surface area contributed by atoms with E-state index in [4.69, 9.17) is 4.74 Å². The molecule has 4 amide bonds. The zero-order chi connectivity index (χ0) is 21.8. The molecule has 0 saturated carbocycles. The van der Waals surface area contributed by atoms with Gasteiger partial charge in [0.1, 0.15) is 23.7 Å². The van der Waals surface area contributed by atoms with Gasteiger partial charge in [0, 0.05) is 0 Å². The fraction of sp³-hybridized carbons (Fsp3) is 0.0417. The van der Waals surface area contributed by atoms with Crippen LogP contribution in [-0.2, 0) is 16.2 Å². The van der Waals surface area contributed by atoms with E-state index in [1.54, 1.807) is 24.3 Å². The van der Waals surface area contributed by atoms with Crippen LogP contribution < -0.4 is 15.0 Å². The number of hydrogen-bond acceptors (Lipinski definition) is 4. The molecule has 0 aliphatic carbocycles. The number of benzene rings is 3. The number of urea groups is 1. The van der Waals surface area contributed by atoms with Crippen molar-refractivity contribution in [2.75, 3.05) is 4.90 Å². The van der Waals surface area contributed by atoms with Gasteiger partial charge in [-0.25, -0.2) is 14.1 Å². The molecule has 31 heavy (non-hydrogen) atoms. The Hall–Kier alpha value is -4.26. The van der Waals surface area contributed by atoms with Crippen LogP contribution >= 0.6 is 0 Å². The monoisotopic (exact) mass is 416 g/mol. The number of para-hydroxylation sites is 1. The van der Waals surface area contributed by atoms with E-state index in [-0.39, 0.29) is 11.3 Å². The summed E-state index contributed by atoms with van der Waals surface area (Å²) < 4.78 is 19.8. The second-order valence-electron chi connectivity index (χ2n) is 6.75. The molecule has 1 heterocycles. The van der Waals surface area contributed by atoms with Gasteiger partial charge < -0.3 is 4.74 Å². The quantitative estimate of drug-likeness (QED) is 0.503. The highest BCUT2D eigenvalue weighted by Crippen LogP contribution is 2.25. The van der Waals surface area contributed by atoms with Crippen LogP contribution in [0, 0.1) is 5.82 Å². The summed E-state index contributed by atoms with van der Waals surface area (Å²) >= 11 is 0. The van der Waals surface area contributed by atoms with E-state index in [0.29, 0.717) is 22.8 Å². The van der Waals surface area contributed by atoms with Crippen LogP contribution in [0.1, 0.15) is 11.1 Å². The maximum Gasteiger partial charge on any atom is 0.336 e. The van der Waals surface area contributed by atoms with Crippen molar-refractivity contribution >= 4 is 29.6 Å². The van der Waals surface area contributed by atoms with Crippen LogP contribution in [0.4, 0.5) is 14.9 Å². The second-order valence-corrected chi connectivity index (χ2v) is 6.75. The lowest BCUT2D eigenvalue weighted by Crippen LogP contribution is -2.54. The summed E-state index contributed by atoms with van der Waals surface area (Å²) in [7, 11) is 0. The number of carbonyl (C=O) groups excluding carboxylic acids is 3. The summed E-state index contributed by atoms with van der Waals surface area (Å²) in [6.45, 7) is 0.405. The minimum atomic E-state index is -0.998. The van der Waals surface area contributed by atoms with Crippen molar-refractivity contribution in [2.45, 2.75) is 6.61 Å². The molecule has 0 unspecified atom stereocenters. The molecule has 1 aliphatic heterocycles. The first-order valence-corrected chi connectivity index (χ1v) is 9.46. The summed E-state index contributed by atoms with van der Waals surface area (Å²) in [5, 5.41) is 2.07. The zero-order valence-corrected chi connectivity index (χ0v) is 16.2. The molecule has 7 heteroatoms. The van der Waals surface area contributed by atoms with E-state index in [9.17, 15) is 18.8 Å². The van der Waals surface area contributed by atoms with Gasteiger partial charge in [-0.05, 0) is 41.5 Å². The third kappa shape index (κ3) is 4.35. The van der Waals surface area contributed by atoms with Gasteiger partial charge in [-0.3, -0.25) is 14.9 Å². The molecule has 0 spiro atoms. The summed E-state index contributed by atoms with van der Waals surface area (Å²) in [5.41, 5.74) is 1.07. The van der Waals surface area contributed by atoms with Crippen molar-refractivity contribution in [3.05, 3.63) is 101 Å². The van der Waals surface area contributed by atoms with E-state index in [1.165, 1.54) is 24.3 Å². The standard InChI is InChI=1S/C24H17FN2O4/c25-20-8-4-5-9-21(20)27-23(29)19(22(28)26-24(27)30)14-16-10-12-18(13-11-16)31-15-17-6-2-1-3-7-17/h1-14H,15H2,(H,26,28,30)/b19-14+. The SMILES string of the molecule is O=C1NC(=O)N(c2ccccc2F)C(=O)/C1=C/c1ccc(OCc2ccccc2)cc1. The first-order valence-electron chi connectivity index (χ1n) is 9.46. The minimum absolute atomic E-state index is 0.229. The van der Waals surface area contributed by atoms with Gasteiger partial charge in [0.15, 0.2) is 0 Å². The average molecular weight is 416 g/mol. The Labute approximate surface area is 177 Å². The van der Waals surface area contributed by atoms with Crippen molar-refractivity contribution in [1.29, 1.82) is 0 Å². The number of barbiturate groups is 1. The van der Waals surface area contributed by atoms with Gasteiger partial charge in [0.25, 0.3) is 11.8 Å². The summed E-state index contributed by atoms with van der Waals surface area (Å²) in [5.74, 6) is -1.87. The highest BCUT2D eigenvalue weighted by molar-refractivity contribution is 6.39. The molecule has 1 saturated heterocycles. The molecular weight excluding hydrogens is 399 g/mol. The number of imide groups is 2. The molecule has 154 valence electrons. The third-order valence-corrected chi connectivity index (χ3v) is 4.63. The largest absolute Gasteiger partial charge is 0.489 e. The molecule has 0 bridgehead atoms. The Bertz CT molecular complexity index is 1170. The van der Waals surface area contributed by atoms with Crippen LogP contribution in [0.3, 0.4) is 0 Å². The Morgan fingerprint density at radius 2 is 1.55 bits per heavy atom. The van der Waals surface area contributed by atoms with E-state index in [1.807, 2.05) is 30.3 Å². The van der Waals surface area contributed by atoms with Gasteiger partial charge in [0.05, 0.1) is 5.69 Å². The molecule has 1 aliphatic rings. The lowest BCUT2D eigenvalue weighted by atomic mass is 10.1. The van der Waals surface area contributed by atoms with Crippen LogP contribution in [0.5, 0.6) is 5.75 Å². The predicted molar refractivity (Wildman–Crippen MR) is 113 cm³/mol. The Morgan fingerprint density at radius 1 is 0.871 bits per heavy atom. The maximum atomic E-state index is 14.1. The number of carbonyl (C=O) groups is 3. The maximum absolute atomic E-state index is 14.1. The third-order valence-electron chi connectivity index (χ3n) is 4.63. The van der Waals surface area contributed by atoms with Crippen molar-refractivity contribution in [2.24, 2.45) is 0 Å². The fourth-order valence-corrected chi connectivity index (χ4v) is 3.08. The number of halogens is 1. The topological polar surface area (TPSA) is 75.7 Å². The van der Waals surface area contributed by atoms with E-state index < -0.39 is 23.7 Å². The molecule has 6 nitrogen and oxygen atoms in total. The Morgan fingerprint density at radius 3 is 2.26 bits per heavy atom. The summed E-state index contributed by atoms with van der Waals surface area (Å²) in [6, 6.07) is 20.8. The van der Waals surface area contributed by atoms with Crippen molar-refractivity contribution in [3.8, 4) is 5.75 Å².